The minimum absolute atomic E-state index is 0.726. The van der Waals surface area contributed by atoms with Gasteiger partial charge in [-0.2, -0.15) is 0 Å². The summed E-state index contributed by atoms with van der Waals surface area (Å²) in [6.07, 6.45) is 4.22. The Morgan fingerprint density at radius 1 is 1.40 bits per heavy atom. The van der Waals surface area contributed by atoms with E-state index in [9.17, 15) is 0 Å². The first-order chi connectivity index (χ1) is 4.65. The molecule has 0 spiro atoms. The molecule has 2 unspecified atom stereocenters. The summed E-state index contributed by atoms with van der Waals surface area (Å²) in [5.41, 5.74) is 0.726. The summed E-state index contributed by atoms with van der Waals surface area (Å²) in [7, 11) is 0. The molecule has 2 atom stereocenters. The molecule has 0 aromatic rings. The zero-order chi connectivity index (χ0) is 7.78. The molecular formula is C10H20. The second kappa shape index (κ2) is 2.56. The van der Waals surface area contributed by atoms with Crippen molar-refractivity contribution in [2.75, 3.05) is 0 Å². The fraction of sp³-hybridized carbons (Fsp3) is 1.00. The van der Waals surface area contributed by atoms with Crippen molar-refractivity contribution in [1.82, 2.24) is 0 Å². The summed E-state index contributed by atoms with van der Waals surface area (Å²) in [5, 5.41) is 0. The molecule has 0 radical (unpaired) electrons. The van der Waals surface area contributed by atoms with E-state index in [0.717, 1.165) is 17.3 Å². The first kappa shape index (κ1) is 8.10. The molecule has 1 rings (SSSR count). The van der Waals surface area contributed by atoms with Gasteiger partial charge in [0.1, 0.15) is 0 Å². The Morgan fingerprint density at radius 3 is 1.90 bits per heavy atom. The van der Waals surface area contributed by atoms with Crippen LogP contribution >= 0.6 is 0 Å². The Morgan fingerprint density at radius 2 is 1.80 bits per heavy atom. The van der Waals surface area contributed by atoms with Gasteiger partial charge in [0.05, 0.1) is 0 Å². The lowest BCUT2D eigenvalue weighted by Gasteiger charge is -2.20. The largest absolute Gasteiger partial charge is 0.0651 e. The fourth-order valence-electron chi connectivity index (χ4n) is 2.39. The van der Waals surface area contributed by atoms with Gasteiger partial charge in [-0.1, -0.05) is 40.5 Å². The second-order valence-corrected chi connectivity index (χ2v) is 4.12. The molecule has 0 heterocycles. The standard InChI is InChI=1S/C10H20/c1-5-9(6-2)10(4)7-8(10)3/h8-9H,5-7H2,1-4H3. The van der Waals surface area contributed by atoms with Crippen molar-refractivity contribution in [3.63, 3.8) is 0 Å². The molecule has 0 aromatic heterocycles. The van der Waals surface area contributed by atoms with Crippen LogP contribution in [-0.2, 0) is 0 Å². The van der Waals surface area contributed by atoms with Crippen LogP contribution in [0.5, 0.6) is 0 Å². The first-order valence-corrected chi connectivity index (χ1v) is 4.65. The molecule has 1 aliphatic rings. The fourth-order valence-corrected chi connectivity index (χ4v) is 2.39. The highest BCUT2D eigenvalue weighted by molar-refractivity contribution is 4.99. The minimum Gasteiger partial charge on any atom is -0.0651 e. The predicted molar refractivity (Wildman–Crippen MR) is 46.0 cm³/mol. The molecule has 0 aliphatic heterocycles. The highest BCUT2D eigenvalue weighted by Gasteiger charge is 2.50. The molecule has 1 fully saturated rings. The van der Waals surface area contributed by atoms with Crippen LogP contribution in [0.3, 0.4) is 0 Å². The van der Waals surface area contributed by atoms with Crippen molar-refractivity contribution in [3.05, 3.63) is 0 Å². The van der Waals surface area contributed by atoms with Crippen LogP contribution in [0.1, 0.15) is 47.0 Å². The number of hydrogen-bond acceptors (Lipinski definition) is 0. The zero-order valence-corrected chi connectivity index (χ0v) is 7.78. The normalized spacial score (nSPS) is 38.7. The van der Waals surface area contributed by atoms with Crippen molar-refractivity contribution >= 4 is 0 Å². The Kier molecular flexibility index (Phi) is 2.07. The van der Waals surface area contributed by atoms with Crippen molar-refractivity contribution in [3.8, 4) is 0 Å². The molecule has 0 bridgehead atoms. The Labute approximate surface area is 65.0 Å². The van der Waals surface area contributed by atoms with Crippen LogP contribution in [0.25, 0.3) is 0 Å². The molecule has 0 aromatic carbocycles. The zero-order valence-electron chi connectivity index (χ0n) is 7.78. The van der Waals surface area contributed by atoms with Crippen molar-refractivity contribution in [1.29, 1.82) is 0 Å². The Bertz CT molecular complexity index is 113. The first-order valence-electron chi connectivity index (χ1n) is 4.65. The monoisotopic (exact) mass is 140 g/mol. The summed E-state index contributed by atoms with van der Waals surface area (Å²) in [6.45, 7) is 9.49. The number of hydrogen-bond donors (Lipinski definition) is 0. The topological polar surface area (TPSA) is 0 Å². The van der Waals surface area contributed by atoms with Crippen LogP contribution < -0.4 is 0 Å². The summed E-state index contributed by atoms with van der Waals surface area (Å²) >= 11 is 0. The summed E-state index contributed by atoms with van der Waals surface area (Å²) in [4.78, 5) is 0. The van der Waals surface area contributed by atoms with E-state index >= 15 is 0 Å². The van der Waals surface area contributed by atoms with Gasteiger partial charge in [-0.05, 0) is 23.7 Å². The Balaban J connectivity index is 2.46. The molecular weight excluding hydrogens is 120 g/mol. The summed E-state index contributed by atoms with van der Waals surface area (Å²) in [5.74, 6) is 1.99. The summed E-state index contributed by atoms with van der Waals surface area (Å²) in [6, 6.07) is 0. The van der Waals surface area contributed by atoms with Crippen LogP contribution in [0.4, 0.5) is 0 Å². The quantitative estimate of drug-likeness (QED) is 0.563. The average molecular weight is 140 g/mol. The maximum absolute atomic E-state index is 2.45. The van der Waals surface area contributed by atoms with E-state index in [4.69, 9.17) is 0 Å². The molecule has 1 aliphatic carbocycles. The van der Waals surface area contributed by atoms with Crippen LogP contribution in [0.2, 0.25) is 0 Å². The molecule has 60 valence electrons. The molecule has 0 N–H and O–H groups in total. The van der Waals surface area contributed by atoms with Gasteiger partial charge in [-0.25, -0.2) is 0 Å². The van der Waals surface area contributed by atoms with Gasteiger partial charge in [0.2, 0.25) is 0 Å². The van der Waals surface area contributed by atoms with Crippen molar-refractivity contribution < 1.29 is 0 Å². The van der Waals surface area contributed by atoms with Gasteiger partial charge in [0, 0.05) is 0 Å². The lowest BCUT2D eigenvalue weighted by atomic mass is 9.85. The third-order valence-electron chi connectivity index (χ3n) is 3.63. The van der Waals surface area contributed by atoms with Gasteiger partial charge in [-0.3, -0.25) is 0 Å². The highest BCUT2D eigenvalue weighted by Crippen LogP contribution is 2.58. The van der Waals surface area contributed by atoms with Gasteiger partial charge in [0.25, 0.3) is 0 Å². The van der Waals surface area contributed by atoms with Gasteiger partial charge < -0.3 is 0 Å². The van der Waals surface area contributed by atoms with Crippen molar-refractivity contribution in [2.24, 2.45) is 17.3 Å². The summed E-state index contributed by atoms with van der Waals surface area (Å²) < 4.78 is 0. The maximum Gasteiger partial charge on any atom is -0.0269 e. The average Bonchev–Trinajstić information content (AvgIpc) is 2.44. The van der Waals surface area contributed by atoms with Gasteiger partial charge in [-0.15, -0.1) is 0 Å². The van der Waals surface area contributed by atoms with E-state index in [0.29, 0.717) is 0 Å². The molecule has 10 heavy (non-hydrogen) atoms. The maximum atomic E-state index is 2.45. The molecule has 0 heteroatoms. The second-order valence-electron chi connectivity index (χ2n) is 4.12. The predicted octanol–water partition coefficient (Wildman–Crippen LogP) is 3.47. The Hall–Kier alpha value is 0. The molecule has 0 nitrogen and oxygen atoms in total. The van der Waals surface area contributed by atoms with Crippen LogP contribution in [0.15, 0.2) is 0 Å². The molecule has 0 amide bonds. The minimum atomic E-state index is 0.726. The van der Waals surface area contributed by atoms with Gasteiger partial charge >= 0.3 is 0 Å². The highest BCUT2D eigenvalue weighted by atomic mass is 14.5. The van der Waals surface area contributed by atoms with E-state index in [1.165, 1.54) is 19.3 Å². The lowest BCUT2D eigenvalue weighted by Crippen LogP contribution is -2.12. The lowest BCUT2D eigenvalue weighted by molar-refractivity contribution is 0.292. The molecule has 1 saturated carbocycles. The van der Waals surface area contributed by atoms with E-state index in [-0.39, 0.29) is 0 Å². The van der Waals surface area contributed by atoms with Crippen LogP contribution in [-0.4, -0.2) is 0 Å². The number of rotatable bonds is 3. The third kappa shape index (κ3) is 1.09. The SMILES string of the molecule is CCC(CC)C1(C)CC1C. The van der Waals surface area contributed by atoms with E-state index in [1.807, 2.05) is 0 Å². The van der Waals surface area contributed by atoms with Gasteiger partial charge in [0.15, 0.2) is 0 Å². The van der Waals surface area contributed by atoms with E-state index in [2.05, 4.69) is 27.7 Å². The molecule has 0 saturated heterocycles. The van der Waals surface area contributed by atoms with E-state index < -0.39 is 0 Å². The third-order valence-corrected chi connectivity index (χ3v) is 3.63. The van der Waals surface area contributed by atoms with E-state index in [1.54, 1.807) is 0 Å². The smallest absolute Gasteiger partial charge is 0.0269 e. The van der Waals surface area contributed by atoms with Crippen LogP contribution in [0, 0.1) is 17.3 Å². The van der Waals surface area contributed by atoms with Crippen molar-refractivity contribution in [2.45, 2.75) is 47.0 Å².